The van der Waals surface area contributed by atoms with Crippen molar-refractivity contribution in [2.45, 2.75) is 38.0 Å². The first-order valence-electron chi connectivity index (χ1n) is 10.4. The highest BCUT2D eigenvalue weighted by Crippen LogP contribution is 2.38. The average molecular weight is 387 g/mol. The van der Waals surface area contributed by atoms with Crippen LogP contribution in [-0.2, 0) is 16.0 Å². The zero-order valence-electron chi connectivity index (χ0n) is 16.4. The molecule has 0 aromatic carbocycles. The van der Waals surface area contributed by atoms with E-state index in [2.05, 4.69) is 20.2 Å². The summed E-state index contributed by atoms with van der Waals surface area (Å²) in [5, 5.41) is 2.94. The fraction of sp³-hybridized carbons (Fsp3) is 0.700. The summed E-state index contributed by atoms with van der Waals surface area (Å²) in [6.45, 7) is 5.76. The van der Waals surface area contributed by atoms with Crippen LogP contribution >= 0.6 is 0 Å². The van der Waals surface area contributed by atoms with Gasteiger partial charge in [0.15, 0.2) is 0 Å². The number of nitrogens with one attached hydrogen (secondary N) is 1. The predicted molar refractivity (Wildman–Crippen MR) is 103 cm³/mol. The van der Waals surface area contributed by atoms with Crippen LogP contribution in [0.2, 0.25) is 0 Å². The lowest BCUT2D eigenvalue weighted by Gasteiger charge is -2.26. The number of morpholine rings is 1. The van der Waals surface area contributed by atoms with Crippen molar-refractivity contribution in [2.24, 2.45) is 0 Å². The second kappa shape index (κ2) is 8.96. The van der Waals surface area contributed by atoms with E-state index in [9.17, 15) is 9.59 Å². The maximum atomic E-state index is 12.9. The zero-order chi connectivity index (χ0) is 19.3. The average Bonchev–Trinajstić information content (AvgIpc) is 3.56. The molecule has 8 nitrogen and oxygen atoms in total. The minimum Gasteiger partial charge on any atom is -0.379 e. The molecule has 3 aliphatic rings. The molecule has 1 saturated heterocycles. The SMILES string of the molecule is O=C(CN1CCCc2nc(C3CC3)ncc2C1=O)NCCCN1CCOCC1. The molecule has 2 amide bonds. The number of carbonyl (C=O) groups excluding carboxylic acids is 2. The molecule has 1 aromatic heterocycles. The molecule has 0 atom stereocenters. The summed E-state index contributed by atoms with van der Waals surface area (Å²) >= 11 is 0. The van der Waals surface area contributed by atoms with Crippen LogP contribution in [0, 0.1) is 0 Å². The molecule has 1 aromatic rings. The first-order valence-corrected chi connectivity index (χ1v) is 10.4. The van der Waals surface area contributed by atoms with E-state index >= 15 is 0 Å². The highest BCUT2D eigenvalue weighted by Gasteiger charge is 2.30. The Morgan fingerprint density at radius 2 is 2.07 bits per heavy atom. The third-order valence-corrected chi connectivity index (χ3v) is 5.60. The lowest BCUT2D eigenvalue weighted by atomic mass is 10.1. The maximum absolute atomic E-state index is 12.9. The number of fused-ring (bicyclic) bond motifs is 1. The van der Waals surface area contributed by atoms with E-state index in [0.29, 0.717) is 24.6 Å². The Hall–Kier alpha value is -2.06. The fourth-order valence-electron chi connectivity index (χ4n) is 3.78. The van der Waals surface area contributed by atoms with Crippen molar-refractivity contribution in [3.8, 4) is 0 Å². The van der Waals surface area contributed by atoms with E-state index in [1.54, 1.807) is 11.1 Å². The summed E-state index contributed by atoms with van der Waals surface area (Å²) < 4.78 is 5.34. The van der Waals surface area contributed by atoms with Crippen LogP contribution in [0.15, 0.2) is 6.20 Å². The Labute approximate surface area is 165 Å². The normalized spacial score (nSPS) is 20.6. The third kappa shape index (κ3) is 4.86. The van der Waals surface area contributed by atoms with Crippen molar-refractivity contribution in [1.29, 1.82) is 0 Å². The van der Waals surface area contributed by atoms with Gasteiger partial charge in [0.1, 0.15) is 5.82 Å². The number of rotatable bonds is 7. The molecule has 0 bridgehead atoms. The number of aromatic nitrogens is 2. The molecule has 2 aliphatic heterocycles. The molecule has 8 heteroatoms. The highest BCUT2D eigenvalue weighted by molar-refractivity contribution is 5.97. The molecule has 0 radical (unpaired) electrons. The van der Waals surface area contributed by atoms with E-state index in [4.69, 9.17) is 4.74 Å². The molecule has 4 rings (SSSR count). The van der Waals surface area contributed by atoms with Gasteiger partial charge in [0.05, 0.1) is 31.0 Å². The minimum atomic E-state index is -0.127. The van der Waals surface area contributed by atoms with E-state index in [-0.39, 0.29) is 18.4 Å². The topological polar surface area (TPSA) is 87.7 Å². The molecular weight excluding hydrogens is 358 g/mol. The Balaban J connectivity index is 1.25. The van der Waals surface area contributed by atoms with Gasteiger partial charge in [0.2, 0.25) is 5.91 Å². The van der Waals surface area contributed by atoms with Gasteiger partial charge in [-0.3, -0.25) is 14.5 Å². The first kappa shape index (κ1) is 19.3. The van der Waals surface area contributed by atoms with Crippen LogP contribution in [0.25, 0.3) is 0 Å². The van der Waals surface area contributed by atoms with Gasteiger partial charge in [0, 0.05) is 38.3 Å². The second-order valence-electron chi connectivity index (χ2n) is 7.85. The molecule has 3 heterocycles. The number of ether oxygens (including phenoxy) is 1. The van der Waals surface area contributed by atoms with Crippen LogP contribution in [0.5, 0.6) is 0 Å². The van der Waals surface area contributed by atoms with Gasteiger partial charge in [-0.1, -0.05) is 0 Å². The van der Waals surface area contributed by atoms with Crippen molar-refractivity contribution in [2.75, 3.05) is 52.5 Å². The maximum Gasteiger partial charge on any atom is 0.257 e. The molecule has 2 fully saturated rings. The number of nitrogens with zero attached hydrogens (tertiary/aromatic N) is 4. The highest BCUT2D eigenvalue weighted by atomic mass is 16.5. The smallest absolute Gasteiger partial charge is 0.257 e. The van der Waals surface area contributed by atoms with E-state index in [1.165, 1.54) is 0 Å². The van der Waals surface area contributed by atoms with Crippen LogP contribution in [0.1, 0.15) is 53.5 Å². The lowest BCUT2D eigenvalue weighted by molar-refractivity contribution is -0.121. The Bertz CT molecular complexity index is 716. The number of hydrogen-bond donors (Lipinski definition) is 1. The number of amides is 2. The fourth-order valence-corrected chi connectivity index (χ4v) is 3.78. The molecule has 1 saturated carbocycles. The molecule has 1 aliphatic carbocycles. The number of carbonyl (C=O) groups is 2. The van der Waals surface area contributed by atoms with Gasteiger partial charge < -0.3 is 15.0 Å². The summed E-state index contributed by atoms with van der Waals surface area (Å²) in [5.74, 6) is 1.12. The van der Waals surface area contributed by atoms with Crippen molar-refractivity contribution < 1.29 is 14.3 Å². The largest absolute Gasteiger partial charge is 0.379 e. The number of aryl methyl sites for hydroxylation is 1. The minimum absolute atomic E-state index is 0.0974. The summed E-state index contributed by atoms with van der Waals surface area (Å²) in [6.07, 6.45) is 6.44. The summed E-state index contributed by atoms with van der Waals surface area (Å²) in [5.41, 5.74) is 1.40. The van der Waals surface area contributed by atoms with Crippen molar-refractivity contribution >= 4 is 11.8 Å². The van der Waals surface area contributed by atoms with E-state index < -0.39 is 0 Å². The molecule has 28 heavy (non-hydrogen) atoms. The van der Waals surface area contributed by atoms with Gasteiger partial charge in [-0.2, -0.15) is 0 Å². The van der Waals surface area contributed by atoms with Crippen LogP contribution in [-0.4, -0.2) is 84.1 Å². The summed E-state index contributed by atoms with van der Waals surface area (Å²) in [4.78, 5) is 38.2. The Morgan fingerprint density at radius 3 is 2.86 bits per heavy atom. The summed E-state index contributed by atoms with van der Waals surface area (Å²) in [6, 6.07) is 0. The molecule has 0 spiro atoms. The van der Waals surface area contributed by atoms with E-state index in [1.807, 2.05) is 0 Å². The lowest BCUT2D eigenvalue weighted by Crippen LogP contribution is -2.42. The monoisotopic (exact) mass is 387 g/mol. The van der Waals surface area contributed by atoms with Crippen molar-refractivity contribution in [3.63, 3.8) is 0 Å². The van der Waals surface area contributed by atoms with Gasteiger partial charge in [-0.25, -0.2) is 9.97 Å². The van der Waals surface area contributed by atoms with Gasteiger partial charge in [0.25, 0.3) is 5.91 Å². The van der Waals surface area contributed by atoms with E-state index in [0.717, 1.165) is 76.5 Å². The molecular formula is C20H29N5O3. The van der Waals surface area contributed by atoms with Gasteiger partial charge >= 0.3 is 0 Å². The Morgan fingerprint density at radius 1 is 1.25 bits per heavy atom. The summed E-state index contributed by atoms with van der Waals surface area (Å²) in [7, 11) is 0. The Kier molecular flexibility index (Phi) is 6.17. The van der Waals surface area contributed by atoms with Gasteiger partial charge in [-0.15, -0.1) is 0 Å². The molecule has 0 unspecified atom stereocenters. The van der Waals surface area contributed by atoms with Crippen LogP contribution < -0.4 is 5.32 Å². The number of hydrogen-bond acceptors (Lipinski definition) is 6. The standard InChI is InChI=1S/C20H29N5O3/c26-18(21-6-2-7-24-9-11-28-12-10-24)14-25-8-1-3-17-16(20(25)27)13-22-19(23-17)15-4-5-15/h13,15H,1-12,14H2,(H,21,26). The van der Waals surface area contributed by atoms with Gasteiger partial charge in [-0.05, 0) is 38.6 Å². The molecule has 1 N–H and O–H groups in total. The predicted octanol–water partition coefficient (Wildman–Crippen LogP) is 0.581. The first-order chi connectivity index (χ1) is 13.7. The van der Waals surface area contributed by atoms with Crippen LogP contribution in [0.3, 0.4) is 0 Å². The second-order valence-corrected chi connectivity index (χ2v) is 7.85. The van der Waals surface area contributed by atoms with Crippen LogP contribution in [0.4, 0.5) is 0 Å². The van der Waals surface area contributed by atoms with Crippen molar-refractivity contribution in [1.82, 2.24) is 25.1 Å². The quantitative estimate of drug-likeness (QED) is 0.689. The van der Waals surface area contributed by atoms with Crippen molar-refractivity contribution in [3.05, 3.63) is 23.3 Å². The molecule has 152 valence electrons. The zero-order valence-corrected chi connectivity index (χ0v) is 16.4. The third-order valence-electron chi connectivity index (χ3n) is 5.60.